The molecule has 1 aromatic carbocycles. The Morgan fingerprint density at radius 1 is 1.20 bits per heavy atom. The van der Waals surface area contributed by atoms with E-state index in [9.17, 15) is 4.79 Å². The average molecular weight is 277 g/mol. The van der Waals surface area contributed by atoms with Crippen LogP contribution in [0.25, 0.3) is 0 Å². The lowest BCUT2D eigenvalue weighted by Crippen LogP contribution is -3.14. The Bertz CT molecular complexity index is 389. The minimum atomic E-state index is 0.175. The first kappa shape index (κ1) is 15.0. The summed E-state index contributed by atoms with van der Waals surface area (Å²) >= 11 is 0. The van der Waals surface area contributed by atoms with E-state index >= 15 is 0 Å². The molecule has 0 atom stereocenters. The fourth-order valence-electron chi connectivity index (χ4n) is 2.47. The monoisotopic (exact) mass is 277 g/mol. The van der Waals surface area contributed by atoms with Crippen LogP contribution in [0.15, 0.2) is 30.3 Å². The zero-order chi connectivity index (χ0) is 14.0. The lowest BCUT2D eigenvalue weighted by molar-refractivity contribution is -0.906. The van der Waals surface area contributed by atoms with Crippen molar-refractivity contribution in [2.24, 2.45) is 0 Å². The zero-order valence-electron chi connectivity index (χ0n) is 12.1. The van der Waals surface area contributed by atoms with Crippen LogP contribution in [0.1, 0.15) is 18.4 Å². The molecule has 0 saturated carbocycles. The molecule has 1 fully saturated rings. The lowest BCUT2D eigenvalue weighted by Gasteiger charge is -2.23. The maximum Gasteiger partial charge on any atom is 0.220 e. The van der Waals surface area contributed by atoms with Crippen LogP contribution >= 0.6 is 0 Å². The lowest BCUT2D eigenvalue weighted by atomic mass is 10.1. The van der Waals surface area contributed by atoms with Gasteiger partial charge in [0.15, 0.2) is 0 Å². The number of aryl methyl sites for hydroxylation is 1. The van der Waals surface area contributed by atoms with E-state index in [0.29, 0.717) is 6.42 Å². The number of ether oxygens (including phenoxy) is 1. The van der Waals surface area contributed by atoms with Crippen LogP contribution in [0, 0.1) is 0 Å². The summed E-state index contributed by atoms with van der Waals surface area (Å²) in [5, 5.41) is 3.02. The third-order valence-electron chi connectivity index (χ3n) is 3.71. The van der Waals surface area contributed by atoms with Crippen LogP contribution in [-0.2, 0) is 16.0 Å². The molecule has 2 rings (SSSR count). The van der Waals surface area contributed by atoms with Gasteiger partial charge in [-0.25, -0.2) is 0 Å². The second kappa shape index (κ2) is 8.72. The fourth-order valence-corrected chi connectivity index (χ4v) is 2.47. The van der Waals surface area contributed by atoms with Gasteiger partial charge in [0, 0.05) is 6.42 Å². The molecule has 0 spiro atoms. The van der Waals surface area contributed by atoms with Gasteiger partial charge in [0.2, 0.25) is 5.91 Å². The van der Waals surface area contributed by atoms with Crippen molar-refractivity contribution >= 4 is 5.91 Å². The maximum atomic E-state index is 11.7. The largest absolute Gasteiger partial charge is 0.370 e. The van der Waals surface area contributed by atoms with E-state index in [1.807, 2.05) is 18.2 Å². The second-order valence-electron chi connectivity index (χ2n) is 5.30. The quantitative estimate of drug-likeness (QED) is 0.739. The first-order chi connectivity index (χ1) is 9.84. The van der Waals surface area contributed by atoms with Crippen molar-refractivity contribution in [3.63, 3.8) is 0 Å². The molecule has 0 aliphatic carbocycles. The van der Waals surface area contributed by atoms with Gasteiger partial charge in [0.05, 0.1) is 26.3 Å². The van der Waals surface area contributed by atoms with E-state index in [0.717, 1.165) is 52.2 Å². The molecule has 1 saturated heterocycles. The standard InChI is InChI=1S/C16H24N2O2/c19-16(8-4-7-15-5-2-1-3-6-15)17-9-10-18-11-13-20-14-12-18/h1-3,5-6H,4,7-14H2,(H,17,19)/p+1. The fraction of sp³-hybridized carbons (Fsp3) is 0.562. The van der Waals surface area contributed by atoms with Crippen molar-refractivity contribution < 1.29 is 14.4 Å². The first-order valence-electron chi connectivity index (χ1n) is 7.56. The smallest absolute Gasteiger partial charge is 0.220 e. The topological polar surface area (TPSA) is 42.8 Å². The van der Waals surface area contributed by atoms with Crippen molar-refractivity contribution in [2.75, 3.05) is 39.4 Å². The Labute approximate surface area is 121 Å². The molecule has 2 N–H and O–H groups in total. The van der Waals surface area contributed by atoms with Gasteiger partial charge in [0.25, 0.3) is 0 Å². The van der Waals surface area contributed by atoms with Crippen LogP contribution in [0.5, 0.6) is 0 Å². The second-order valence-corrected chi connectivity index (χ2v) is 5.30. The molecule has 4 heteroatoms. The number of hydrogen-bond donors (Lipinski definition) is 2. The Morgan fingerprint density at radius 2 is 1.95 bits per heavy atom. The van der Waals surface area contributed by atoms with Gasteiger partial charge < -0.3 is 15.0 Å². The number of rotatable bonds is 7. The molecular formula is C16H25N2O2+. The third kappa shape index (κ3) is 5.72. The SMILES string of the molecule is O=C(CCCc1ccccc1)NCC[NH+]1CCOCC1. The molecular weight excluding hydrogens is 252 g/mol. The summed E-state index contributed by atoms with van der Waals surface area (Å²) in [5.41, 5.74) is 1.30. The summed E-state index contributed by atoms with van der Waals surface area (Å²) in [7, 11) is 0. The Morgan fingerprint density at radius 3 is 2.70 bits per heavy atom. The number of amides is 1. The summed E-state index contributed by atoms with van der Waals surface area (Å²) < 4.78 is 5.31. The number of hydrogen-bond acceptors (Lipinski definition) is 2. The Balaban J connectivity index is 1.52. The van der Waals surface area contributed by atoms with Gasteiger partial charge in [-0.3, -0.25) is 4.79 Å². The van der Waals surface area contributed by atoms with E-state index < -0.39 is 0 Å². The molecule has 1 amide bonds. The van der Waals surface area contributed by atoms with Crippen LogP contribution in [0.3, 0.4) is 0 Å². The van der Waals surface area contributed by atoms with Gasteiger partial charge in [0.1, 0.15) is 13.1 Å². The highest BCUT2D eigenvalue weighted by molar-refractivity contribution is 5.75. The molecule has 1 heterocycles. The number of carbonyl (C=O) groups excluding carboxylic acids is 1. The molecule has 20 heavy (non-hydrogen) atoms. The minimum absolute atomic E-state index is 0.175. The summed E-state index contributed by atoms with van der Waals surface area (Å²) in [6, 6.07) is 10.3. The molecule has 110 valence electrons. The van der Waals surface area contributed by atoms with E-state index in [4.69, 9.17) is 4.74 Å². The number of benzene rings is 1. The van der Waals surface area contributed by atoms with Crippen LogP contribution in [-0.4, -0.2) is 45.3 Å². The molecule has 0 aromatic heterocycles. The molecule has 0 radical (unpaired) electrons. The Kier molecular flexibility index (Phi) is 6.54. The van der Waals surface area contributed by atoms with Crippen molar-refractivity contribution in [3.05, 3.63) is 35.9 Å². The molecule has 0 unspecified atom stereocenters. The molecule has 0 bridgehead atoms. The van der Waals surface area contributed by atoms with E-state index in [2.05, 4.69) is 17.4 Å². The van der Waals surface area contributed by atoms with Crippen LogP contribution < -0.4 is 10.2 Å². The zero-order valence-corrected chi connectivity index (χ0v) is 12.1. The van der Waals surface area contributed by atoms with Gasteiger partial charge in [-0.2, -0.15) is 0 Å². The number of nitrogens with one attached hydrogen (secondary N) is 2. The summed E-state index contributed by atoms with van der Waals surface area (Å²) in [4.78, 5) is 13.3. The number of carbonyl (C=O) groups is 1. The normalized spacial score (nSPS) is 16.0. The highest BCUT2D eigenvalue weighted by Gasteiger charge is 2.13. The van der Waals surface area contributed by atoms with Crippen molar-refractivity contribution in [1.29, 1.82) is 0 Å². The minimum Gasteiger partial charge on any atom is -0.370 e. The highest BCUT2D eigenvalue weighted by Crippen LogP contribution is 2.04. The van der Waals surface area contributed by atoms with E-state index in [-0.39, 0.29) is 5.91 Å². The van der Waals surface area contributed by atoms with E-state index in [1.165, 1.54) is 10.5 Å². The average Bonchev–Trinajstić information content (AvgIpc) is 2.49. The summed E-state index contributed by atoms with van der Waals surface area (Å²) in [6.07, 6.45) is 2.51. The van der Waals surface area contributed by atoms with Gasteiger partial charge in [-0.1, -0.05) is 30.3 Å². The maximum absolute atomic E-state index is 11.7. The van der Waals surface area contributed by atoms with Crippen LogP contribution in [0.4, 0.5) is 0 Å². The summed E-state index contributed by atoms with van der Waals surface area (Å²) in [5.74, 6) is 0.175. The predicted molar refractivity (Wildman–Crippen MR) is 78.8 cm³/mol. The Hall–Kier alpha value is -1.39. The third-order valence-corrected chi connectivity index (χ3v) is 3.71. The molecule has 4 nitrogen and oxygen atoms in total. The van der Waals surface area contributed by atoms with E-state index in [1.54, 1.807) is 0 Å². The van der Waals surface area contributed by atoms with Gasteiger partial charge >= 0.3 is 0 Å². The van der Waals surface area contributed by atoms with Crippen molar-refractivity contribution in [3.8, 4) is 0 Å². The van der Waals surface area contributed by atoms with Crippen LogP contribution in [0.2, 0.25) is 0 Å². The molecule has 1 aliphatic heterocycles. The summed E-state index contributed by atoms with van der Waals surface area (Å²) in [6.45, 7) is 5.60. The number of quaternary nitrogens is 1. The molecule has 1 aliphatic rings. The van der Waals surface area contributed by atoms with Gasteiger partial charge in [-0.05, 0) is 18.4 Å². The highest BCUT2D eigenvalue weighted by atomic mass is 16.5. The first-order valence-corrected chi connectivity index (χ1v) is 7.56. The van der Waals surface area contributed by atoms with Crippen molar-refractivity contribution in [1.82, 2.24) is 5.32 Å². The molecule has 1 aromatic rings. The van der Waals surface area contributed by atoms with Crippen molar-refractivity contribution in [2.45, 2.75) is 19.3 Å². The predicted octanol–water partition coefficient (Wildman–Crippen LogP) is 0.0406. The van der Waals surface area contributed by atoms with Gasteiger partial charge in [-0.15, -0.1) is 0 Å². The number of morpholine rings is 1.